The molecule has 1 aliphatic heterocycles. The molecule has 1 saturated heterocycles. The summed E-state index contributed by atoms with van der Waals surface area (Å²) in [4.78, 5) is 14.8. The van der Waals surface area contributed by atoms with Gasteiger partial charge in [0.05, 0.1) is 20.3 Å². The average Bonchev–Trinajstić information content (AvgIpc) is 2.77. The number of ether oxygens (including phenoxy) is 3. The average molecular weight is 413 g/mol. The van der Waals surface area contributed by atoms with Gasteiger partial charge in [-0.2, -0.15) is 0 Å². The van der Waals surface area contributed by atoms with Crippen LogP contribution in [0, 0.1) is 5.92 Å². The predicted molar refractivity (Wildman–Crippen MR) is 119 cm³/mol. The van der Waals surface area contributed by atoms with E-state index in [1.165, 1.54) is 18.5 Å². The number of rotatable bonds is 8. The summed E-state index contributed by atoms with van der Waals surface area (Å²) < 4.78 is 16.1. The molecule has 1 heterocycles. The van der Waals surface area contributed by atoms with Crippen LogP contribution in [0.4, 0.5) is 5.69 Å². The summed E-state index contributed by atoms with van der Waals surface area (Å²) >= 11 is 0. The summed E-state index contributed by atoms with van der Waals surface area (Å²) in [6, 6.07) is 13.6. The van der Waals surface area contributed by atoms with Crippen LogP contribution >= 0.6 is 0 Å². The van der Waals surface area contributed by atoms with Crippen molar-refractivity contribution in [3.05, 3.63) is 48.0 Å². The molecule has 1 amide bonds. The smallest absolute Gasteiger partial charge is 0.258 e. The van der Waals surface area contributed by atoms with Gasteiger partial charge in [0.25, 0.3) is 5.91 Å². The summed E-state index contributed by atoms with van der Waals surface area (Å²) in [6.07, 6.45) is 2.55. The number of benzene rings is 2. The van der Waals surface area contributed by atoms with E-state index in [1.54, 1.807) is 32.4 Å². The summed E-state index contributed by atoms with van der Waals surface area (Å²) in [5, 5.41) is 2.99. The highest BCUT2D eigenvalue weighted by atomic mass is 16.5. The quantitative estimate of drug-likeness (QED) is 0.704. The Bertz CT molecular complexity index is 815. The second-order valence-electron chi connectivity index (χ2n) is 7.91. The third kappa shape index (κ3) is 5.81. The van der Waals surface area contributed by atoms with Gasteiger partial charge in [0.15, 0.2) is 6.61 Å². The largest absolute Gasteiger partial charge is 0.496 e. The minimum absolute atomic E-state index is 0.0790. The van der Waals surface area contributed by atoms with E-state index in [-0.39, 0.29) is 18.6 Å². The predicted octanol–water partition coefficient (Wildman–Crippen LogP) is 4.20. The minimum Gasteiger partial charge on any atom is -0.496 e. The van der Waals surface area contributed by atoms with Crippen molar-refractivity contribution in [2.45, 2.75) is 32.7 Å². The third-order valence-electron chi connectivity index (χ3n) is 5.49. The number of nitrogens with zero attached hydrogens (tertiary/aromatic N) is 1. The van der Waals surface area contributed by atoms with Gasteiger partial charge < -0.3 is 24.4 Å². The number of methoxy groups -OCH3 is 2. The van der Waals surface area contributed by atoms with E-state index < -0.39 is 0 Å². The Hall–Kier alpha value is -2.89. The number of hydrogen-bond acceptors (Lipinski definition) is 5. The van der Waals surface area contributed by atoms with E-state index in [1.807, 2.05) is 6.92 Å². The van der Waals surface area contributed by atoms with Crippen molar-refractivity contribution < 1.29 is 19.0 Å². The zero-order valence-electron chi connectivity index (χ0n) is 18.3. The van der Waals surface area contributed by atoms with Gasteiger partial charge in [-0.1, -0.05) is 19.1 Å². The van der Waals surface area contributed by atoms with Crippen molar-refractivity contribution in [2.24, 2.45) is 5.92 Å². The lowest BCUT2D eigenvalue weighted by atomic mass is 9.99. The van der Waals surface area contributed by atoms with Crippen LogP contribution in [-0.2, 0) is 4.79 Å². The summed E-state index contributed by atoms with van der Waals surface area (Å²) in [7, 11) is 3.15. The topological polar surface area (TPSA) is 60.0 Å². The maximum Gasteiger partial charge on any atom is 0.258 e. The number of piperidine rings is 1. The maximum absolute atomic E-state index is 12.4. The maximum atomic E-state index is 12.4. The van der Waals surface area contributed by atoms with Crippen molar-refractivity contribution in [1.82, 2.24) is 5.32 Å². The lowest BCUT2D eigenvalue weighted by Crippen LogP contribution is -2.34. The molecular weight excluding hydrogens is 380 g/mol. The van der Waals surface area contributed by atoms with Crippen molar-refractivity contribution in [3.8, 4) is 17.2 Å². The Morgan fingerprint density at radius 1 is 1.10 bits per heavy atom. The molecule has 0 bridgehead atoms. The molecule has 3 rings (SSSR count). The number of carbonyl (C=O) groups is 1. The summed E-state index contributed by atoms with van der Waals surface area (Å²) in [5.74, 6) is 2.30. The van der Waals surface area contributed by atoms with E-state index in [9.17, 15) is 4.79 Å². The molecule has 2 aromatic carbocycles. The first-order valence-electron chi connectivity index (χ1n) is 10.5. The number of hydrogen-bond donors (Lipinski definition) is 1. The Labute approximate surface area is 179 Å². The fourth-order valence-electron chi connectivity index (χ4n) is 3.78. The second kappa shape index (κ2) is 10.2. The van der Waals surface area contributed by atoms with Crippen LogP contribution in [0.15, 0.2) is 42.5 Å². The van der Waals surface area contributed by atoms with Gasteiger partial charge in [-0.25, -0.2) is 0 Å². The molecule has 0 spiro atoms. The fraction of sp³-hybridized carbons (Fsp3) is 0.458. The number of anilines is 1. The molecule has 0 radical (unpaired) electrons. The SMILES string of the molecule is COc1cc(OC)cc(OCC(=O)N[C@@H](C)c2ccc(N3CCC[C@@H](C)C3)cc2)c1. The molecule has 0 aromatic heterocycles. The lowest BCUT2D eigenvalue weighted by molar-refractivity contribution is -0.123. The molecule has 6 heteroatoms. The van der Waals surface area contributed by atoms with Crippen LogP contribution in [0.25, 0.3) is 0 Å². The van der Waals surface area contributed by atoms with Gasteiger partial charge in [-0.05, 0) is 43.4 Å². The standard InChI is InChI=1S/C24H32N2O4/c1-17-6-5-11-26(15-17)20-9-7-19(8-10-20)18(2)25-24(27)16-30-23-13-21(28-3)12-22(14-23)29-4/h7-10,12-14,17-18H,5-6,11,15-16H2,1-4H3,(H,25,27)/t17-,18+/m1/s1. The third-order valence-corrected chi connectivity index (χ3v) is 5.49. The molecule has 2 aromatic rings. The van der Waals surface area contributed by atoms with Crippen LogP contribution in [0.2, 0.25) is 0 Å². The Morgan fingerprint density at radius 2 is 1.73 bits per heavy atom. The van der Waals surface area contributed by atoms with Crippen molar-refractivity contribution in [3.63, 3.8) is 0 Å². The molecule has 0 saturated carbocycles. The zero-order valence-corrected chi connectivity index (χ0v) is 18.3. The molecule has 162 valence electrons. The number of nitrogens with one attached hydrogen (secondary N) is 1. The van der Waals surface area contributed by atoms with E-state index in [4.69, 9.17) is 14.2 Å². The van der Waals surface area contributed by atoms with Gasteiger partial charge in [0.1, 0.15) is 17.2 Å². The zero-order chi connectivity index (χ0) is 21.5. The Kier molecular flexibility index (Phi) is 7.44. The first-order valence-corrected chi connectivity index (χ1v) is 10.5. The first-order chi connectivity index (χ1) is 14.5. The minimum atomic E-state index is -0.182. The van der Waals surface area contributed by atoms with E-state index in [0.717, 1.165) is 24.6 Å². The molecule has 1 aliphatic rings. The van der Waals surface area contributed by atoms with E-state index in [0.29, 0.717) is 17.2 Å². The van der Waals surface area contributed by atoms with E-state index >= 15 is 0 Å². The van der Waals surface area contributed by atoms with Gasteiger partial charge in [-0.15, -0.1) is 0 Å². The second-order valence-corrected chi connectivity index (χ2v) is 7.91. The van der Waals surface area contributed by atoms with Gasteiger partial charge in [-0.3, -0.25) is 4.79 Å². The van der Waals surface area contributed by atoms with Crippen LogP contribution < -0.4 is 24.4 Å². The van der Waals surface area contributed by atoms with Crippen molar-refractivity contribution >= 4 is 11.6 Å². The van der Waals surface area contributed by atoms with Crippen molar-refractivity contribution in [2.75, 3.05) is 38.8 Å². The molecule has 6 nitrogen and oxygen atoms in total. The molecule has 2 atom stereocenters. The summed E-state index contributed by atoms with van der Waals surface area (Å²) in [5.41, 5.74) is 2.32. The first kappa shape index (κ1) is 21.8. The number of carbonyl (C=O) groups excluding carboxylic acids is 1. The van der Waals surface area contributed by atoms with E-state index in [2.05, 4.69) is 41.4 Å². The highest BCUT2D eigenvalue weighted by Crippen LogP contribution is 2.27. The van der Waals surface area contributed by atoms with Crippen LogP contribution in [0.1, 0.15) is 38.3 Å². The lowest BCUT2D eigenvalue weighted by Gasteiger charge is -2.33. The van der Waals surface area contributed by atoms with Crippen LogP contribution in [0.5, 0.6) is 17.2 Å². The van der Waals surface area contributed by atoms with Gasteiger partial charge in [0.2, 0.25) is 0 Å². The molecule has 0 unspecified atom stereocenters. The Morgan fingerprint density at radius 3 is 2.33 bits per heavy atom. The molecule has 1 N–H and O–H groups in total. The molecule has 1 fully saturated rings. The fourth-order valence-corrected chi connectivity index (χ4v) is 3.78. The normalized spacial score (nSPS) is 17.2. The Balaban J connectivity index is 1.53. The highest BCUT2D eigenvalue weighted by molar-refractivity contribution is 5.78. The molecule has 30 heavy (non-hydrogen) atoms. The van der Waals surface area contributed by atoms with Gasteiger partial charge >= 0.3 is 0 Å². The molecule has 0 aliphatic carbocycles. The van der Waals surface area contributed by atoms with Gasteiger partial charge in [0, 0.05) is 37.0 Å². The summed E-state index contributed by atoms with van der Waals surface area (Å²) in [6.45, 7) is 6.43. The number of amides is 1. The van der Waals surface area contributed by atoms with Crippen LogP contribution in [0.3, 0.4) is 0 Å². The molecular formula is C24H32N2O4. The highest BCUT2D eigenvalue weighted by Gasteiger charge is 2.17. The monoisotopic (exact) mass is 412 g/mol. The van der Waals surface area contributed by atoms with Crippen LogP contribution in [-0.4, -0.2) is 39.8 Å². The van der Waals surface area contributed by atoms with Crippen molar-refractivity contribution in [1.29, 1.82) is 0 Å².